The van der Waals surface area contributed by atoms with Crippen molar-refractivity contribution >= 4 is 22.6 Å². The zero-order valence-electron chi connectivity index (χ0n) is 23.6. The molecular formula is C32H34F2N4O3. The van der Waals surface area contributed by atoms with E-state index < -0.39 is 17.7 Å². The standard InChI is InChI=1S/C32H34F2N4O3/c1-19-24(15-16-36(2)32(19)40)20-7-14-28-27(17-20)35-31(38(28)21-8-11-23(41-3)12-9-21)29-5-4-6-30(39)37(29)22-10-13-25(33)26(34)18-22/h7,10,13-18,21,23,29H,4-6,8-9,11-12H2,1-3H3/t21-,23-,29-/m0/s1. The smallest absolute Gasteiger partial charge is 0.253 e. The minimum absolute atomic E-state index is 0.0494. The molecule has 214 valence electrons. The fourth-order valence-electron chi connectivity index (χ4n) is 6.59. The van der Waals surface area contributed by atoms with E-state index in [0.29, 0.717) is 30.5 Å². The molecule has 3 heterocycles. The Morgan fingerprint density at radius 2 is 1.73 bits per heavy atom. The number of carbonyl (C=O) groups excluding carboxylic acids is 1. The second kappa shape index (κ2) is 10.9. The van der Waals surface area contributed by atoms with Gasteiger partial charge in [-0.3, -0.25) is 9.59 Å². The van der Waals surface area contributed by atoms with Crippen molar-refractivity contribution in [2.75, 3.05) is 12.0 Å². The summed E-state index contributed by atoms with van der Waals surface area (Å²) in [7, 11) is 3.48. The lowest BCUT2D eigenvalue weighted by atomic mass is 9.91. The van der Waals surface area contributed by atoms with E-state index in [0.717, 1.165) is 65.8 Å². The summed E-state index contributed by atoms with van der Waals surface area (Å²) in [5.41, 5.74) is 4.41. The molecule has 6 rings (SSSR count). The van der Waals surface area contributed by atoms with E-state index in [1.165, 1.54) is 6.07 Å². The molecule has 9 heteroatoms. The van der Waals surface area contributed by atoms with Crippen molar-refractivity contribution in [2.24, 2.45) is 7.05 Å². The fraction of sp³-hybridized carbons (Fsp3) is 0.406. The predicted octanol–water partition coefficient (Wildman–Crippen LogP) is 6.38. The number of pyridine rings is 1. The van der Waals surface area contributed by atoms with Crippen LogP contribution in [0.5, 0.6) is 0 Å². The van der Waals surface area contributed by atoms with Gasteiger partial charge in [0.1, 0.15) is 5.82 Å². The molecule has 41 heavy (non-hydrogen) atoms. The first-order valence-corrected chi connectivity index (χ1v) is 14.2. The topological polar surface area (TPSA) is 69.4 Å². The van der Waals surface area contributed by atoms with Crippen molar-refractivity contribution in [1.82, 2.24) is 14.1 Å². The van der Waals surface area contributed by atoms with E-state index in [4.69, 9.17) is 9.72 Å². The van der Waals surface area contributed by atoms with Crippen LogP contribution in [-0.4, -0.2) is 33.2 Å². The Kier molecular flexibility index (Phi) is 7.23. The van der Waals surface area contributed by atoms with Crippen molar-refractivity contribution in [2.45, 2.75) is 70.1 Å². The molecule has 1 aliphatic carbocycles. The number of imidazole rings is 1. The Morgan fingerprint density at radius 3 is 2.46 bits per heavy atom. The van der Waals surface area contributed by atoms with Crippen molar-refractivity contribution in [1.29, 1.82) is 0 Å². The van der Waals surface area contributed by atoms with Gasteiger partial charge in [0, 0.05) is 50.1 Å². The highest BCUT2D eigenvalue weighted by Crippen LogP contribution is 2.41. The van der Waals surface area contributed by atoms with E-state index in [-0.39, 0.29) is 23.6 Å². The fourth-order valence-corrected chi connectivity index (χ4v) is 6.59. The summed E-state index contributed by atoms with van der Waals surface area (Å²) in [6.45, 7) is 1.83. The largest absolute Gasteiger partial charge is 0.381 e. The van der Waals surface area contributed by atoms with Crippen molar-refractivity contribution < 1.29 is 18.3 Å². The lowest BCUT2D eigenvalue weighted by Gasteiger charge is -2.37. The summed E-state index contributed by atoms with van der Waals surface area (Å²) in [5.74, 6) is -1.32. The molecule has 2 fully saturated rings. The number of ether oxygens (including phenoxy) is 1. The SMILES string of the molecule is CO[C@H]1CC[C@H](n2c([C@@H]3CCCC(=O)N3c3ccc(F)c(F)c3)nc3cc(-c4ccn(C)c(=O)c4C)ccc32)CC1. The molecule has 0 bridgehead atoms. The lowest BCUT2D eigenvalue weighted by Crippen LogP contribution is -2.40. The molecule has 1 aliphatic heterocycles. The number of fused-ring (bicyclic) bond motifs is 1. The molecule has 0 radical (unpaired) electrons. The predicted molar refractivity (Wildman–Crippen MR) is 154 cm³/mol. The maximum atomic E-state index is 14.3. The van der Waals surface area contributed by atoms with E-state index >= 15 is 0 Å². The van der Waals surface area contributed by atoms with Crippen LogP contribution in [0, 0.1) is 18.6 Å². The van der Waals surface area contributed by atoms with Crippen molar-refractivity contribution in [3.8, 4) is 11.1 Å². The van der Waals surface area contributed by atoms with Crippen LogP contribution in [0.1, 0.15) is 68.4 Å². The van der Waals surface area contributed by atoms with Gasteiger partial charge in [0.05, 0.1) is 23.2 Å². The first kappa shape index (κ1) is 27.3. The van der Waals surface area contributed by atoms with Gasteiger partial charge in [0.2, 0.25) is 5.91 Å². The third-order valence-electron chi connectivity index (χ3n) is 8.81. The number of benzene rings is 2. The van der Waals surface area contributed by atoms with E-state index in [2.05, 4.69) is 4.57 Å². The Hall–Kier alpha value is -3.85. The summed E-state index contributed by atoms with van der Waals surface area (Å²) in [5, 5.41) is 0. The molecule has 4 aromatic rings. The van der Waals surface area contributed by atoms with Crippen LogP contribution in [-0.2, 0) is 16.6 Å². The normalized spacial score (nSPS) is 21.5. The maximum Gasteiger partial charge on any atom is 0.253 e. The van der Waals surface area contributed by atoms with Gasteiger partial charge in [0.25, 0.3) is 5.56 Å². The first-order valence-electron chi connectivity index (χ1n) is 14.2. The van der Waals surface area contributed by atoms with Gasteiger partial charge in [-0.2, -0.15) is 0 Å². The average Bonchev–Trinajstić information content (AvgIpc) is 3.36. The molecule has 2 aliphatic rings. The number of hydrogen-bond donors (Lipinski definition) is 0. The van der Waals surface area contributed by atoms with Gasteiger partial charge in [0.15, 0.2) is 11.6 Å². The number of rotatable bonds is 5. The quantitative estimate of drug-likeness (QED) is 0.284. The summed E-state index contributed by atoms with van der Waals surface area (Å²) in [4.78, 5) is 32.7. The zero-order valence-corrected chi connectivity index (χ0v) is 23.6. The van der Waals surface area contributed by atoms with Gasteiger partial charge in [-0.15, -0.1) is 0 Å². The summed E-state index contributed by atoms with van der Waals surface area (Å²) in [6, 6.07) is 11.4. The van der Waals surface area contributed by atoms with Crippen LogP contribution in [0.2, 0.25) is 0 Å². The van der Waals surface area contributed by atoms with Crippen LogP contribution >= 0.6 is 0 Å². The van der Waals surface area contributed by atoms with Crippen molar-refractivity contribution in [3.63, 3.8) is 0 Å². The van der Waals surface area contributed by atoms with Crippen molar-refractivity contribution in [3.05, 3.63) is 82.0 Å². The molecular weight excluding hydrogens is 526 g/mol. The number of halogens is 2. The summed E-state index contributed by atoms with van der Waals surface area (Å²) in [6.07, 6.45) is 7.29. The molecule has 2 aromatic heterocycles. The minimum atomic E-state index is -0.986. The van der Waals surface area contributed by atoms with Gasteiger partial charge in [-0.05, 0) is 86.9 Å². The molecule has 0 N–H and O–H groups in total. The second-order valence-corrected chi connectivity index (χ2v) is 11.3. The molecule has 1 atom stereocenters. The number of amides is 1. The third-order valence-corrected chi connectivity index (χ3v) is 8.81. The molecule has 7 nitrogen and oxygen atoms in total. The van der Waals surface area contributed by atoms with E-state index in [1.807, 2.05) is 31.2 Å². The van der Waals surface area contributed by atoms with Gasteiger partial charge < -0.3 is 18.8 Å². The number of piperidine rings is 1. The number of nitrogens with zero attached hydrogens (tertiary/aromatic N) is 4. The molecule has 2 aromatic carbocycles. The molecule has 0 spiro atoms. The molecule has 0 unspecified atom stereocenters. The van der Waals surface area contributed by atoms with Crippen LogP contribution in [0.15, 0.2) is 53.5 Å². The molecule has 1 saturated heterocycles. The Bertz CT molecular complexity index is 1690. The monoisotopic (exact) mass is 560 g/mol. The zero-order chi connectivity index (χ0) is 28.8. The van der Waals surface area contributed by atoms with Gasteiger partial charge >= 0.3 is 0 Å². The first-order chi connectivity index (χ1) is 19.8. The number of methoxy groups -OCH3 is 1. The maximum absolute atomic E-state index is 14.3. The van der Waals surface area contributed by atoms with Crippen LogP contribution in [0.25, 0.3) is 22.2 Å². The number of aromatic nitrogens is 3. The third kappa shape index (κ3) is 4.86. The lowest BCUT2D eigenvalue weighted by molar-refractivity contribution is -0.120. The van der Waals surface area contributed by atoms with Gasteiger partial charge in [-0.1, -0.05) is 6.07 Å². The number of carbonyl (C=O) groups is 1. The highest BCUT2D eigenvalue weighted by molar-refractivity contribution is 5.95. The number of aryl methyl sites for hydroxylation is 1. The van der Waals surface area contributed by atoms with Crippen LogP contribution in [0.4, 0.5) is 14.5 Å². The van der Waals surface area contributed by atoms with Crippen LogP contribution in [0.3, 0.4) is 0 Å². The second-order valence-electron chi connectivity index (χ2n) is 11.3. The minimum Gasteiger partial charge on any atom is -0.381 e. The summed E-state index contributed by atoms with van der Waals surface area (Å²) >= 11 is 0. The van der Waals surface area contributed by atoms with Crippen LogP contribution < -0.4 is 10.5 Å². The Labute approximate surface area is 237 Å². The number of hydrogen-bond acceptors (Lipinski definition) is 4. The Balaban J connectivity index is 1.51. The number of anilines is 1. The summed E-state index contributed by atoms with van der Waals surface area (Å²) < 4.78 is 37.6. The molecule has 1 saturated carbocycles. The average molecular weight is 561 g/mol. The van der Waals surface area contributed by atoms with Gasteiger partial charge in [-0.25, -0.2) is 13.8 Å². The highest BCUT2D eigenvalue weighted by atomic mass is 19.2. The van der Waals surface area contributed by atoms with E-state index in [1.54, 1.807) is 29.8 Å². The Morgan fingerprint density at radius 1 is 0.951 bits per heavy atom. The molecule has 1 amide bonds. The van der Waals surface area contributed by atoms with E-state index in [9.17, 15) is 18.4 Å². The highest BCUT2D eigenvalue weighted by Gasteiger charge is 2.36.